The highest BCUT2D eigenvalue weighted by Crippen LogP contribution is 2.27. The standard InChI is InChI=1S/C12H17N5OS/c1-7-3-10(15-14-7)4-9-5-17(6-11(9)18)12-13-8(2)16-19-12/h3,9,11,18H,4-6H2,1-2H3,(H,14,15)/t9-,11-/m1/s1. The maximum atomic E-state index is 10.2. The third-order valence-electron chi connectivity index (χ3n) is 3.42. The SMILES string of the molecule is Cc1nsc(N2C[C@@H](Cc3cc(C)[nH]n3)[C@H](O)C2)n1. The lowest BCUT2D eigenvalue weighted by Gasteiger charge is -2.13. The van der Waals surface area contributed by atoms with Crippen LogP contribution in [0.2, 0.25) is 0 Å². The molecule has 7 heteroatoms. The Morgan fingerprint density at radius 2 is 2.32 bits per heavy atom. The Kier molecular flexibility index (Phi) is 3.24. The second-order valence-corrected chi connectivity index (χ2v) is 5.83. The normalized spacial score (nSPS) is 23.2. The van der Waals surface area contributed by atoms with Gasteiger partial charge >= 0.3 is 0 Å². The van der Waals surface area contributed by atoms with Crippen LogP contribution in [0.3, 0.4) is 0 Å². The molecule has 1 saturated heterocycles. The van der Waals surface area contributed by atoms with Gasteiger partial charge in [0.25, 0.3) is 0 Å². The first-order valence-electron chi connectivity index (χ1n) is 6.36. The Labute approximate surface area is 115 Å². The number of aliphatic hydroxyl groups excluding tert-OH is 1. The molecule has 1 aliphatic heterocycles. The molecule has 102 valence electrons. The summed E-state index contributed by atoms with van der Waals surface area (Å²) in [6, 6.07) is 2.03. The third-order valence-corrected chi connectivity index (χ3v) is 4.29. The van der Waals surface area contributed by atoms with Gasteiger partial charge in [0, 0.05) is 36.2 Å². The Hall–Kier alpha value is -1.47. The molecule has 0 unspecified atom stereocenters. The summed E-state index contributed by atoms with van der Waals surface area (Å²) in [4.78, 5) is 6.48. The highest BCUT2D eigenvalue weighted by Gasteiger charge is 2.33. The van der Waals surface area contributed by atoms with Crippen molar-refractivity contribution < 1.29 is 5.11 Å². The van der Waals surface area contributed by atoms with Gasteiger partial charge < -0.3 is 10.0 Å². The van der Waals surface area contributed by atoms with Gasteiger partial charge in [-0.25, -0.2) is 4.98 Å². The molecule has 1 aliphatic rings. The molecule has 0 radical (unpaired) electrons. The van der Waals surface area contributed by atoms with E-state index in [1.807, 2.05) is 19.9 Å². The number of aryl methyl sites for hydroxylation is 2. The van der Waals surface area contributed by atoms with Crippen LogP contribution in [0.25, 0.3) is 0 Å². The van der Waals surface area contributed by atoms with E-state index in [1.54, 1.807) is 0 Å². The zero-order chi connectivity index (χ0) is 13.4. The van der Waals surface area contributed by atoms with E-state index in [0.717, 1.165) is 35.3 Å². The molecule has 2 N–H and O–H groups in total. The van der Waals surface area contributed by atoms with Crippen LogP contribution >= 0.6 is 11.5 Å². The van der Waals surface area contributed by atoms with E-state index >= 15 is 0 Å². The summed E-state index contributed by atoms with van der Waals surface area (Å²) in [6.45, 7) is 5.30. The Morgan fingerprint density at radius 3 is 2.95 bits per heavy atom. The number of hydrogen-bond acceptors (Lipinski definition) is 6. The monoisotopic (exact) mass is 279 g/mol. The molecule has 3 rings (SSSR count). The number of hydrogen-bond donors (Lipinski definition) is 2. The lowest BCUT2D eigenvalue weighted by molar-refractivity contribution is 0.148. The Balaban J connectivity index is 1.68. The molecule has 2 atom stereocenters. The van der Waals surface area contributed by atoms with Crippen LogP contribution in [0.15, 0.2) is 6.07 Å². The maximum absolute atomic E-state index is 10.2. The molecule has 2 aromatic heterocycles. The second-order valence-electron chi connectivity index (χ2n) is 5.10. The van der Waals surface area contributed by atoms with Gasteiger partial charge in [-0.1, -0.05) is 0 Å². The number of β-amino-alcohol motifs (C(OH)–C–C–N with tert-alkyl or cyclic N) is 1. The van der Waals surface area contributed by atoms with E-state index in [2.05, 4.69) is 24.5 Å². The molecular formula is C12H17N5OS. The van der Waals surface area contributed by atoms with Crippen LogP contribution < -0.4 is 4.90 Å². The Bertz CT molecular complexity index is 566. The fourth-order valence-corrected chi connectivity index (χ4v) is 3.17. The van der Waals surface area contributed by atoms with Crippen LogP contribution in [-0.2, 0) is 6.42 Å². The van der Waals surface area contributed by atoms with Gasteiger partial charge in [-0.05, 0) is 26.3 Å². The smallest absolute Gasteiger partial charge is 0.205 e. The average Bonchev–Trinajstić information content (AvgIpc) is 3.03. The van der Waals surface area contributed by atoms with Crippen molar-refractivity contribution in [2.24, 2.45) is 5.92 Å². The molecule has 0 bridgehead atoms. The topological polar surface area (TPSA) is 77.9 Å². The maximum Gasteiger partial charge on any atom is 0.205 e. The van der Waals surface area contributed by atoms with Crippen molar-refractivity contribution in [3.8, 4) is 0 Å². The predicted molar refractivity (Wildman–Crippen MR) is 73.4 cm³/mol. The highest BCUT2D eigenvalue weighted by molar-refractivity contribution is 7.09. The number of rotatable bonds is 3. The fourth-order valence-electron chi connectivity index (χ4n) is 2.47. The first-order chi connectivity index (χ1) is 9.11. The molecule has 0 aliphatic carbocycles. The van der Waals surface area contributed by atoms with E-state index in [0.29, 0.717) is 6.54 Å². The van der Waals surface area contributed by atoms with E-state index in [4.69, 9.17) is 0 Å². The van der Waals surface area contributed by atoms with Gasteiger partial charge in [0.1, 0.15) is 5.82 Å². The number of anilines is 1. The molecule has 2 aromatic rings. The lowest BCUT2D eigenvalue weighted by atomic mass is 10.0. The van der Waals surface area contributed by atoms with Crippen LogP contribution in [0, 0.1) is 19.8 Å². The minimum atomic E-state index is -0.332. The van der Waals surface area contributed by atoms with E-state index in [-0.39, 0.29) is 12.0 Å². The van der Waals surface area contributed by atoms with Gasteiger partial charge in [0.05, 0.1) is 11.8 Å². The van der Waals surface area contributed by atoms with E-state index in [1.165, 1.54) is 11.5 Å². The molecule has 0 amide bonds. The summed E-state index contributed by atoms with van der Waals surface area (Å²) < 4.78 is 4.19. The van der Waals surface area contributed by atoms with Crippen LogP contribution in [0.1, 0.15) is 17.2 Å². The Morgan fingerprint density at radius 1 is 1.47 bits per heavy atom. The first kappa shape index (κ1) is 12.6. The first-order valence-corrected chi connectivity index (χ1v) is 7.13. The molecule has 6 nitrogen and oxygen atoms in total. The minimum Gasteiger partial charge on any atom is -0.391 e. The number of aromatic amines is 1. The second kappa shape index (κ2) is 4.90. The summed E-state index contributed by atoms with van der Waals surface area (Å²) >= 11 is 1.39. The van der Waals surface area contributed by atoms with Gasteiger partial charge in [-0.15, -0.1) is 0 Å². The minimum absolute atomic E-state index is 0.201. The summed E-state index contributed by atoms with van der Waals surface area (Å²) in [7, 11) is 0. The van der Waals surface area contributed by atoms with Crippen LogP contribution in [-0.4, -0.2) is 43.9 Å². The van der Waals surface area contributed by atoms with Crippen molar-refractivity contribution in [3.63, 3.8) is 0 Å². The zero-order valence-electron chi connectivity index (χ0n) is 11.0. The van der Waals surface area contributed by atoms with Crippen LogP contribution in [0.4, 0.5) is 5.13 Å². The summed E-state index contributed by atoms with van der Waals surface area (Å²) in [5.41, 5.74) is 2.07. The van der Waals surface area contributed by atoms with E-state index < -0.39 is 0 Å². The number of nitrogens with one attached hydrogen (secondary N) is 1. The van der Waals surface area contributed by atoms with Crippen molar-refractivity contribution >= 4 is 16.7 Å². The third kappa shape index (κ3) is 2.62. The fraction of sp³-hybridized carbons (Fsp3) is 0.583. The van der Waals surface area contributed by atoms with Crippen molar-refractivity contribution in [2.45, 2.75) is 26.4 Å². The molecule has 0 spiro atoms. The number of H-pyrrole nitrogens is 1. The number of aromatic nitrogens is 4. The molecule has 0 aromatic carbocycles. The van der Waals surface area contributed by atoms with Gasteiger partial charge in [0.15, 0.2) is 0 Å². The number of aliphatic hydroxyl groups is 1. The summed E-state index contributed by atoms with van der Waals surface area (Å²) in [6.07, 6.45) is 0.459. The predicted octanol–water partition coefficient (Wildman–Crippen LogP) is 0.918. The average molecular weight is 279 g/mol. The number of nitrogens with zero attached hydrogens (tertiary/aromatic N) is 4. The van der Waals surface area contributed by atoms with Crippen molar-refractivity contribution in [2.75, 3.05) is 18.0 Å². The summed E-state index contributed by atoms with van der Waals surface area (Å²) in [5.74, 6) is 0.993. The largest absolute Gasteiger partial charge is 0.391 e. The van der Waals surface area contributed by atoms with E-state index in [9.17, 15) is 5.11 Å². The van der Waals surface area contributed by atoms with Crippen molar-refractivity contribution in [3.05, 3.63) is 23.3 Å². The van der Waals surface area contributed by atoms with Crippen molar-refractivity contribution in [1.29, 1.82) is 0 Å². The highest BCUT2D eigenvalue weighted by atomic mass is 32.1. The molecular weight excluding hydrogens is 262 g/mol. The molecule has 0 saturated carbocycles. The molecule has 1 fully saturated rings. The van der Waals surface area contributed by atoms with Gasteiger partial charge in [0.2, 0.25) is 5.13 Å². The lowest BCUT2D eigenvalue weighted by Crippen LogP contribution is -2.20. The molecule has 19 heavy (non-hydrogen) atoms. The van der Waals surface area contributed by atoms with Crippen LogP contribution in [0.5, 0.6) is 0 Å². The van der Waals surface area contributed by atoms with Crippen molar-refractivity contribution in [1.82, 2.24) is 19.6 Å². The molecule has 3 heterocycles. The summed E-state index contributed by atoms with van der Waals surface area (Å²) in [5, 5.41) is 18.2. The van der Waals surface area contributed by atoms with Gasteiger partial charge in [-0.2, -0.15) is 9.47 Å². The quantitative estimate of drug-likeness (QED) is 0.873. The zero-order valence-corrected chi connectivity index (χ0v) is 11.8. The van der Waals surface area contributed by atoms with Gasteiger partial charge in [-0.3, -0.25) is 5.10 Å².